The summed E-state index contributed by atoms with van der Waals surface area (Å²) < 4.78 is 14.9. The smallest absolute Gasteiger partial charge is 0.272 e. The molecule has 0 aliphatic carbocycles. The molecule has 3 rings (SSSR count). The van der Waals surface area contributed by atoms with Gasteiger partial charge in [0.25, 0.3) is 35.4 Å². The molecule has 0 N–H and O–H groups in total. The van der Waals surface area contributed by atoms with Crippen molar-refractivity contribution in [2.45, 2.75) is 38.5 Å². The SMILES string of the molecule is O=C1CCC(=O)N1OB(ON1C(=O)CCC1=O)ON1C(=O)CCC1=O. The van der Waals surface area contributed by atoms with Crippen LogP contribution in [0.3, 0.4) is 0 Å². The van der Waals surface area contributed by atoms with Gasteiger partial charge in [-0.1, -0.05) is 0 Å². The predicted octanol–water partition coefficient (Wildman–Crippen LogP) is -1.79. The molecular formula is C12H12BN3O9. The summed E-state index contributed by atoms with van der Waals surface area (Å²) in [5, 5.41) is 1.04. The zero-order valence-corrected chi connectivity index (χ0v) is 12.8. The Morgan fingerprint density at radius 3 is 0.880 bits per heavy atom. The molecule has 13 heteroatoms. The second-order valence-electron chi connectivity index (χ2n) is 5.35. The molecule has 6 amide bonds. The van der Waals surface area contributed by atoms with Crippen LogP contribution in [0.15, 0.2) is 0 Å². The Bertz CT molecular complexity index is 542. The fourth-order valence-electron chi connectivity index (χ4n) is 2.34. The van der Waals surface area contributed by atoms with Crippen molar-refractivity contribution in [1.82, 2.24) is 15.2 Å². The van der Waals surface area contributed by atoms with E-state index >= 15 is 0 Å². The largest absolute Gasteiger partial charge is 0.709 e. The van der Waals surface area contributed by atoms with Crippen molar-refractivity contribution in [3.8, 4) is 0 Å². The summed E-state index contributed by atoms with van der Waals surface area (Å²) in [5.41, 5.74) is 0. The molecule has 0 saturated carbocycles. The van der Waals surface area contributed by atoms with Crippen molar-refractivity contribution in [2.75, 3.05) is 0 Å². The molecule has 3 heterocycles. The van der Waals surface area contributed by atoms with Gasteiger partial charge in [0.05, 0.1) is 0 Å². The number of carbonyl (C=O) groups is 6. The van der Waals surface area contributed by atoms with Gasteiger partial charge in [0.2, 0.25) is 0 Å². The summed E-state index contributed by atoms with van der Waals surface area (Å²) in [6, 6.07) is 0. The van der Waals surface area contributed by atoms with Crippen molar-refractivity contribution in [2.24, 2.45) is 0 Å². The first-order valence-electron chi connectivity index (χ1n) is 7.44. The lowest BCUT2D eigenvalue weighted by Gasteiger charge is -2.24. The highest BCUT2D eigenvalue weighted by molar-refractivity contribution is 6.37. The summed E-state index contributed by atoms with van der Waals surface area (Å²) in [6.45, 7) is 0. The Kier molecular flexibility index (Phi) is 4.61. The molecule has 3 saturated heterocycles. The molecular weight excluding hydrogens is 341 g/mol. The fraction of sp³-hybridized carbons (Fsp3) is 0.500. The fourth-order valence-corrected chi connectivity index (χ4v) is 2.34. The third-order valence-electron chi connectivity index (χ3n) is 3.59. The van der Waals surface area contributed by atoms with E-state index in [-0.39, 0.29) is 38.5 Å². The van der Waals surface area contributed by atoms with Gasteiger partial charge in [-0.15, -0.1) is 0 Å². The second-order valence-corrected chi connectivity index (χ2v) is 5.35. The zero-order chi connectivity index (χ0) is 18.1. The Labute approximate surface area is 140 Å². The Morgan fingerprint density at radius 1 is 0.480 bits per heavy atom. The van der Waals surface area contributed by atoms with Gasteiger partial charge in [-0.3, -0.25) is 43.0 Å². The van der Waals surface area contributed by atoms with Crippen LogP contribution in [0.2, 0.25) is 0 Å². The van der Waals surface area contributed by atoms with Crippen LogP contribution < -0.4 is 0 Å². The molecule has 0 spiro atoms. The molecule has 132 valence electrons. The van der Waals surface area contributed by atoms with Crippen molar-refractivity contribution in [3.05, 3.63) is 0 Å². The standard InChI is InChI=1S/C12H12BN3O9/c17-7-1-2-8(18)14(7)23-13(24-15-9(19)3-4-10(15)20)25-16-11(21)5-6-12(16)22/h1-6H2. The van der Waals surface area contributed by atoms with Crippen LogP contribution in [-0.4, -0.2) is 58.0 Å². The molecule has 0 aromatic carbocycles. The first kappa shape index (κ1) is 17.2. The third kappa shape index (κ3) is 3.43. The van der Waals surface area contributed by atoms with E-state index < -0.39 is 42.8 Å². The number of imide groups is 3. The summed E-state index contributed by atoms with van der Waals surface area (Å²) >= 11 is 0. The van der Waals surface area contributed by atoms with Crippen LogP contribution in [0, 0.1) is 0 Å². The monoisotopic (exact) mass is 353 g/mol. The van der Waals surface area contributed by atoms with E-state index in [0.717, 1.165) is 0 Å². The average molecular weight is 353 g/mol. The lowest BCUT2D eigenvalue weighted by Crippen LogP contribution is -2.49. The minimum absolute atomic E-state index is 0.102. The van der Waals surface area contributed by atoms with Gasteiger partial charge in [0.15, 0.2) is 0 Å². The Morgan fingerprint density at radius 2 is 0.680 bits per heavy atom. The number of hydroxylamine groups is 6. The van der Waals surface area contributed by atoms with E-state index in [0.29, 0.717) is 15.2 Å². The molecule has 0 bridgehead atoms. The van der Waals surface area contributed by atoms with E-state index in [1.165, 1.54) is 0 Å². The third-order valence-corrected chi connectivity index (χ3v) is 3.59. The molecule has 0 unspecified atom stereocenters. The van der Waals surface area contributed by atoms with Gasteiger partial charge in [0.1, 0.15) is 0 Å². The molecule has 3 fully saturated rings. The molecule has 0 atom stereocenters. The number of hydrogen-bond donors (Lipinski definition) is 0. The average Bonchev–Trinajstić information content (AvgIpc) is 3.17. The molecule has 0 aromatic rings. The molecule has 25 heavy (non-hydrogen) atoms. The minimum atomic E-state index is -2.04. The van der Waals surface area contributed by atoms with Gasteiger partial charge < -0.3 is 0 Å². The molecule has 0 aromatic heterocycles. The summed E-state index contributed by atoms with van der Waals surface area (Å²) in [4.78, 5) is 69.8. The van der Waals surface area contributed by atoms with Crippen LogP contribution >= 0.6 is 0 Å². The number of rotatable bonds is 6. The summed E-state index contributed by atoms with van der Waals surface area (Å²) in [7, 11) is -2.04. The van der Waals surface area contributed by atoms with Crippen LogP contribution in [0.4, 0.5) is 0 Å². The van der Waals surface area contributed by atoms with E-state index in [4.69, 9.17) is 14.3 Å². The second kappa shape index (κ2) is 6.70. The topological polar surface area (TPSA) is 140 Å². The van der Waals surface area contributed by atoms with Crippen molar-refractivity contribution < 1.29 is 43.0 Å². The maximum atomic E-state index is 11.6. The lowest BCUT2D eigenvalue weighted by molar-refractivity contribution is -0.207. The summed E-state index contributed by atoms with van der Waals surface area (Å²) in [5.74, 6) is -4.16. The van der Waals surface area contributed by atoms with Crippen LogP contribution in [0.5, 0.6) is 0 Å². The van der Waals surface area contributed by atoms with Crippen LogP contribution in [0.1, 0.15) is 38.5 Å². The van der Waals surface area contributed by atoms with E-state index in [9.17, 15) is 28.8 Å². The minimum Gasteiger partial charge on any atom is -0.272 e. The van der Waals surface area contributed by atoms with Crippen molar-refractivity contribution in [3.63, 3.8) is 0 Å². The van der Waals surface area contributed by atoms with Gasteiger partial charge in [0, 0.05) is 38.5 Å². The first-order valence-corrected chi connectivity index (χ1v) is 7.44. The van der Waals surface area contributed by atoms with Crippen LogP contribution in [-0.2, 0) is 43.0 Å². The van der Waals surface area contributed by atoms with Gasteiger partial charge in [-0.25, -0.2) is 0 Å². The Balaban J connectivity index is 1.75. The molecule has 3 aliphatic rings. The predicted molar refractivity (Wildman–Crippen MR) is 72.3 cm³/mol. The highest BCUT2D eigenvalue weighted by Gasteiger charge is 2.45. The van der Waals surface area contributed by atoms with Crippen LogP contribution in [0.25, 0.3) is 0 Å². The molecule has 3 aliphatic heterocycles. The van der Waals surface area contributed by atoms with Gasteiger partial charge in [-0.05, 0) is 0 Å². The van der Waals surface area contributed by atoms with Gasteiger partial charge >= 0.3 is 7.32 Å². The molecule has 12 nitrogen and oxygen atoms in total. The Hall–Kier alpha value is -2.64. The van der Waals surface area contributed by atoms with Crippen molar-refractivity contribution >= 4 is 42.8 Å². The maximum absolute atomic E-state index is 11.6. The van der Waals surface area contributed by atoms with E-state index in [2.05, 4.69) is 0 Å². The zero-order valence-electron chi connectivity index (χ0n) is 12.8. The lowest BCUT2D eigenvalue weighted by atomic mass is 10.2. The number of carbonyl (C=O) groups excluding carboxylic acids is 6. The van der Waals surface area contributed by atoms with E-state index in [1.807, 2.05) is 0 Å². The quantitative estimate of drug-likeness (QED) is 0.400. The summed E-state index contributed by atoms with van der Waals surface area (Å²) in [6.07, 6.45) is -0.615. The van der Waals surface area contributed by atoms with Crippen molar-refractivity contribution in [1.29, 1.82) is 0 Å². The highest BCUT2D eigenvalue weighted by atomic mass is 16.9. The number of nitrogens with zero attached hydrogens (tertiary/aromatic N) is 3. The van der Waals surface area contributed by atoms with Gasteiger partial charge in [-0.2, -0.15) is 15.2 Å². The number of amides is 6. The maximum Gasteiger partial charge on any atom is 0.709 e. The number of hydrogen-bond acceptors (Lipinski definition) is 9. The van der Waals surface area contributed by atoms with E-state index in [1.54, 1.807) is 0 Å². The first-order chi connectivity index (χ1) is 11.9. The normalized spacial score (nSPS) is 21.4. The highest BCUT2D eigenvalue weighted by Crippen LogP contribution is 2.20. The molecule has 0 radical (unpaired) electrons.